The van der Waals surface area contributed by atoms with Crippen molar-refractivity contribution in [2.75, 3.05) is 37.1 Å². The number of ether oxygens (including phenoxy) is 2. The van der Waals surface area contributed by atoms with Gasteiger partial charge in [0.05, 0.1) is 12.5 Å². The summed E-state index contributed by atoms with van der Waals surface area (Å²) in [6, 6.07) is 15.3. The van der Waals surface area contributed by atoms with Gasteiger partial charge in [-0.1, -0.05) is 18.2 Å². The number of anilines is 2. The minimum Gasteiger partial charge on any atom is -0.497 e. The van der Waals surface area contributed by atoms with Crippen LogP contribution >= 0.6 is 0 Å². The second-order valence-corrected chi connectivity index (χ2v) is 7.93. The fraction of sp³-hybridized carbons (Fsp3) is 0.417. The van der Waals surface area contributed by atoms with Crippen LogP contribution in [-0.2, 0) is 19.7 Å². The number of hydrogen-bond donors (Lipinski definition) is 1. The molecule has 1 N–H and O–H groups in total. The standard InChI is InChI=1S/C24H28N2O4/c1-29-21-10-8-18(9-11-21)24(12-15-30-16-13-24)23(28)25-19-5-4-6-20(17-19)26-14-3-2-7-22(26)27/h4-6,8-11,17H,2-3,7,12-16H2,1H3,(H,25,28). The summed E-state index contributed by atoms with van der Waals surface area (Å²) in [6.07, 6.45) is 3.77. The molecule has 0 aliphatic carbocycles. The van der Waals surface area contributed by atoms with Gasteiger partial charge in [-0.15, -0.1) is 0 Å². The van der Waals surface area contributed by atoms with Crippen LogP contribution in [0.3, 0.4) is 0 Å². The van der Waals surface area contributed by atoms with E-state index in [0.29, 0.717) is 38.2 Å². The third-order valence-corrected chi connectivity index (χ3v) is 6.16. The van der Waals surface area contributed by atoms with Gasteiger partial charge in [0.2, 0.25) is 11.8 Å². The van der Waals surface area contributed by atoms with E-state index in [2.05, 4.69) is 5.32 Å². The van der Waals surface area contributed by atoms with Crippen LogP contribution in [0, 0.1) is 0 Å². The first kappa shape index (κ1) is 20.4. The van der Waals surface area contributed by atoms with Gasteiger partial charge in [-0.05, 0) is 61.6 Å². The summed E-state index contributed by atoms with van der Waals surface area (Å²) in [7, 11) is 1.63. The molecule has 2 fully saturated rings. The van der Waals surface area contributed by atoms with E-state index < -0.39 is 5.41 Å². The van der Waals surface area contributed by atoms with Crippen molar-refractivity contribution in [3.63, 3.8) is 0 Å². The fourth-order valence-electron chi connectivity index (χ4n) is 4.36. The maximum atomic E-state index is 13.5. The number of nitrogens with zero attached hydrogens (tertiary/aromatic N) is 1. The number of methoxy groups -OCH3 is 1. The van der Waals surface area contributed by atoms with E-state index in [9.17, 15) is 9.59 Å². The van der Waals surface area contributed by atoms with Gasteiger partial charge < -0.3 is 19.7 Å². The molecule has 30 heavy (non-hydrogen) atoms. The maximum absolute atomic E-state index is 13.5. The number of hydrogen-bond acceptors (Lipinski definition) is 4. The van der Waals surface area contributed by atoms with Crippen molar-refractivity contribution in [1.29, 1.82) is 0 Å². The topological polar surface area (TPSA) is 67.9 Å². The molecule has 2 amide bonds. The molecule has 0 bridgehead atoms. The number of nitrogens with one attached hydrogen (secondary N) is 1. The van der Waals surface area contributed by atoms with Crippen LogP contribution in [-0.4, -0.2) is 38.7 Å². The molecule has 0 saturated carbocycles. The Morgan fingerprint density at radius 3 is 2.57 bits per heavy atom. The molecule has 2 heterocycles. The summed E-state index contributed by atoms with van der Waals surface area (Å²) in [5, 5.41) is 3.11. The van der Waals surface area contributed by atoms with Crippen LogP contribution in [0.25, 0.3) is 0 Å². The van der Waals surface area contributed by atoms with E-state index >= 15 is 0 Å². The minimum atomic E-state index is -0.651. The lowest BCUT2D eigenvalue weighted by Crippen LogP contribution is -2.44. The molecule has 2 aromatic carbocycles. The monoisotopic (exact) mass is 408 g/mol. The average molecular weight is 408 g/mol. The Kier molecular flexibility index (Phi) is 6.04. The highest BCUT2D eigenvalue weighted by atomic mass is 16.5. The third-order valence-electron chi connectivity index (χ3n) is 6.16. The first-order chi connectivity index (χ1) is 14.6. The summed E-state index contributed by atoms with van der Waals surface area (Å²) >= 11 is 0. The van der Waals surface area contributed by atoms with Crippen LogP contribution in [0.1, 0.15) is 37.7 Å². The van der Waals surface area contributed by atoms with Crippen molar-refractivity contribution >= 4 is 23.2 Å². The van der Waals surface area contributed by atoms with Crippen LogP contribution in [0.4, 0.5) is 11.4 Å². The highest BCUT2D eigenvalue weighted by Gasteiger charge is 2.41. The molecule has 6 nitrogen and oxygen atoms in total. The molecule has 6 heteroatoms. The first-order valence-corrected chi connectivity index (χ1v) is 10.6. The SMILES string of the molecule is COc1ccc(C2(C(=O)Nc3cccc(N4CCCCC4=O)c3)CCOCC2)cc1. The number of carbonyl (C=O) groups excluding carboxylic acids is 2. The number of carbonyl (C=O) groups is 2. The Labute approximate surface area is 177 Å². The zero-order valence-corrected chi connectivity index (χ0v) is 17.4. The van der Waals surface area contributed by atoms with Crippen LogP contribution in [0.15, 0.2) is 48.5 Å². The quantitative estimate of drug-likeness (QED) is 0.815. The molecule has 0 unspecified atom stereocenters. The van der Waals surface area contributed by atoms with Crippen molar-refractivity contribution in [2.24, 2.45) is 0 Å². The molecule has 4 rings (SSSR count). The highest BCUT2D eigenvalue weighted by Crippen LogP contribution is 2.37. The van der Waals surface area contributed by atoms with E-state index in [0.717, 1.165) is 36.4 Å². The van der Waals surface area contributed by atoms with E-state index in [1.165, 1.54) is 0 Å². The molecule has 2 aliphatic rings. The Balaban J connectivity index is 1.58. The smallest absolute Gasteiger partial charge is 0.235 e. The summed E-state index contributed by atoms with van der Waals surface area (Å²) in [5.41, 5.74) is 1.85. The van der Waals surface area contributed by atoms with Gasteiger partial charge in [0.1, 0.15) is 5.75 Å². The van der Waals surface area contributed by atoms with E-state index in [4.69, 9.17) is 9.47 Å². The molecular formula is C24H28N2O4. The molecule has 2 aliphatic heterocycles. The second-order valence-electron chi connectivity index (χ2n) is 7.93. The zero-order chi connectivity index (χ0) is 21.0. The van der Waals surface area contributed by atoms with Crippen molar-refractivity contribution in [2.45, 2.75) is 37.5 Å². The Morgan fingerprint density at radius 1 is 1.10 bits per heavy atom. The molecular weight excluding hydrogens is 380 g/mol. The number of amides is 2. The Hall–Kier alpha value is -2.86. The zero-order valence-electron chi connectivity index (χ0n) is 17.4. The number of benzene rings is 2. The lowest BCUT2D eigenvalue weighted by atomic mass is 9.73. The summed E-state index contributed by atoms with van der Waals surface area (Å²) in [6.45, 7) is 1.81. The lowest BCUT2D eigenvalue weighted by molar-refractivity contribution is -0.125. The lowest BCUT2D eigenvalue weighted by Gasteiger charge is -2.36. The van der Waals surface area contributed by atoms with Gasteiger partial charge in [-0.25, -0.2) is 0 Å². The van der Waals surface area contributed by atoms with Gasteiger partial charge in [0, 0.05) is 37.6 Å². The summed E-state index contributed by atoms with van der Waals surface area (Å²) < 4.78 is 10.8. The predicted molar refractivity (Wildman–Crippen MR) is 116 cm³/mol. The van der Waals surface area contributed by atoms with Crippen LogP contribution in [0.2, 0.25) is 0 Å². The van der Waals surface area contributed by atoms with Gasteiger partial charge in [-0.3, -0.25) is 9.59 Å². The second kappa shape index (κ2) is 8.88. The normalized spacial score (nSPS) is 18.7. The molecule has 2 aromatic rings. The predicted octanol–water partition coefficient (Wildman–Crippen LogP) is 3.90. The highest BCUT2D eigenvalue weighted by molar-refractivity contribution is 6.00. The molecule has 0 radical (unpaired) electrons. The van der Waals surface area contributed by atoms with Crippen LogP contribution in [0.5, 0.6) is 5.75 Å². The molecule has 0 spiro atoms. The van der Waals surface area contributed by atoms with E-state index in [1.54, 1.807) is 7.11 Å². The average Bonchev–Trinajstić information content (AvgIpc) is 2.80. The van der Waals surface area contributed by atoms with Gasteiger partial charge >= 0.3 is 0 Å². The molecule has 2 saturated heterocycles. The van der Waals surface area contributed by atoms with Crippen molar-refractivity contribution < 1.29 is 19.1 Å². The minimum absolute atomic E-state index is 0.0434. The number of piperidine rings is 1. The number of rotatable bonds is 5. The van der Waals surface area contributed by atoms with E-state index in [1.807, 2.05) is 53.4 Å². The van der Waals surface area contributed by atoms with Gasteiger partial charge in [0.15, 0.2) is 0 Å². The van der Waals surface area contributed by atoms with Crippen molar-refractivity contribution in [3.05, 3.63) is 54.1 Å². The first-order valence-electron chi connectivity index (χ1n) is 10.6. The maximum Gasteiger partial charge on any atom is 0.235 e. The van der Waals surface area contributed by atoms with Crippen LogP contribution < -0.4 is 15.0 Å². The van der Waals surface area contributed by atoms with Crippen molar-refractivity contribution in [1.82, 2.24) is 0 Å². The molecule has 0 atom stereocenters. The Morgan fingerprint density at radius 2 is 1.87 bits per heavy atom. The summed E-state index contributed by atoms with van der Waals surface area (Å²) in [4.78, 5) is 27.6. The molecule has 158 valence electrons. The molecule has 0 aromatic heterocycles. The Bertz CT molecular complexity index is 904. The fourth-order valence-corrected chi connectivity index (χ4v) is 4.36. The summed E-state index contributed by atoms with van der Waals surface area (Å²) in [5.74, 6) is 0.863. The largest absolute Gasteiger partial charge is 0.497 e. The van der Waals surface area contributed by atoms with Crippen molar-refractivity contribution in [3.8, 4) is 5.75 Å². The third kappa shape index (κ3) is 4.05. The van der Waals surface area contributed by atoms with Gasteiger partial charge in [-0.2, -0.15) is 0 Å². The van der Waals surface area contributed by atoms with Gasteiger partial charge in [0.25, 0.3) is 0 Å². The van der Waals surface area contributed by atoms with E-state index in [-0.39, 0.29) is 11.8 Å².